The molecule has 226 valence electrons. The topological polar surface area (TPSA) is 88.1 Å². The van der Waals surface area contributed by atoms with Gasteiger partial charge in [-0.1, -0.05) is 60.2 Å². The second-order valence-corrected chi connectivity index (χ2v) is 9.66. The van der Waals surface area contributed by atoms with Gasteiger partial charge in [0.15, 0.2) is 0 Å². The largest absolute Gasteiger partial charge is 0.489 e. The molecule has 43 heavy (non-hydrogen) atoms. The third kappa shape index (κ3) is 14.9. The number of carbonyl (C=O) groups is 3. The van der Waals surface area contributed by atoms with Crippen LogP contribution in [0.15, 0.2) is 109 Å². The summed E-state index contributed by atoms with van der Waals surface area (Å²) in [6.45, 7) is 19.8. The molecule has 0 atom stereocenters. The van der Waals surface area contributed by atoms with Gasteiger partial charge in [-0.15, -0.1) is 6.58 Å². The predicted molar refractivity (Wildman–Crippen MR) is 172 cm³/mol. The summed E-state index contributed by atoms with van der Waals surface area (Å²) < 4.78 is 20.4. The number of hydrogen-bond donors (Lipinski definition) is 0. The van der Waals surface area contributed by atoms with Gasteiger partial charge in [0.05, 0.1) is 0 Å². The Balaban J connectivity index is 0.000000402. The second-order valence-electron chi connectivity index (χ2n) is 9.66. The normalized spacial score (nSPS) is 9.63. The van der Waals surface area contributed by atoms with Gasteiger partial charge < -0.3 is 18.9 Å². The summed E-state index contributed by atoms with van der Waals surface area (Å²) in [4.78, 5) is 32.1. The van der Waals surface area contributed by atoms with E-state index in [2.05, 4.69) is 19.2 Å². The fraction of sp³-hybridized carbons (Fsp3) is 0.194. The Bertz CT molecular complexity index is 1400. The number of benzene rings is 3. The minimum absolute atomic E-state index is 0.371. The lowest BCUT2D eigenvalue weighted by molar-refractivity contribution is -0.130. The van der Waals surface area contributed by atoms with E-state index in [1.165, 1.54) is 11.1 Å². The van der Waals surface area contributed by atoms with E-state index < -0.39 is 5.97 Å². The first-order valence-electron chi connectivity index (χ1n) is 13.4. The van der Waals surface area contributed by atoms with Gasteiger partial charge in [-0.3, -0.25) is 9.59 Å². The molecular weight excluding hydrogens is 544 g/mol. The third-order valence-electron chi connectivity index (χ3n) is 4.95. The van der Waals surface area contributed by atoms with E-state index in [1.807, 2.05) is 71.0 Å². The van der Waals surface area contributed by atoms with E-state index in [0.717, 1.165) is 16.7 Å². The third-order valence-corrected chi connectivity index (χ3v) is 4.95. The van der Waals surface area contributed by atoms with E-state index in [-0.39, 0.29) is 0 Å². The molecule has 0 N–H and O–H groups in total. The predicted octanol–water partition coefficient (Wildman–Crippen LogP) is 8.55. The van der Waals surface area contributed by atoms with Crippen LogP contribution in [0.2, 0.25) is 0 Å². The van der Waals surface area contributed by atoms with Gasteiger partial charge in [0, 0.05) is 17.2 Å². The van der Waals surface area contributed by atoms with Gasteiger partial charge in [-0.05, 0) is 89.1 Å². The molecule has 3 aromatic rings. The first kappa shape index (κ1) is 35.9. The minimum atomic E-state index is -0.394. The van der Waals surface area contributed by atoms with Gasteiger partial charge in [0.25, 0.3) is 12.9 Å². The Morgan fingerprint density at radius 1 is 0.767 bits per heavy atom. The molecule has 3 rings (SSSR count). The molecule has 0 fully saturated rings. The summed E-state index contributed by atoms with van der Waals surface area (Å²) in [6.07, 6.45) is 5.82. The van der Waals surface area contributed by atoms with Crippen LogP contribution in [0.1, 0.15) is 47.1 Å². The summed E-state index contributed by atoms with van der Waals surface area (Å²) >= 11 is 0. The summed E-state index contributed by atoms with van der Waals surface area (Å²) in [7, 11) is 0. The smallest absolute Gasteiger partial charge is 0.338 e. The zero-order valence-electron chi connectivity index (χ0n) is 25.7. The molecule has 0 amide bonds. The van der Waals surface area contributed by atoms with Crippen molar-refractivity contribution in [2.24, 2.45) is 0 Å². The Morgan fingerprint density at radius 2 is 1.30 bits per heavy atom. The Hall–Kier alpha value is -5.17. The average molecular weight is 585 g/mol. The van der Waals surface area contributed by atoms with Crippen LogP contribution in [0, 0.1) is 0 Å². The van der Waals surface area contributed by atoms with Crippen molar-refractivity contribution in [1.29, 1.82) is 0 Å². The summed E-state index contributed by atoms with van der Waals surface area (Å²) in [5, 5.41) is 0. The standard InChI is InChI=1S/C18H16O5.C14H16O2.C4H8/c1-2-3-10-21-18-11-16(23-13-20)8-9-17(18)14-4-6-15(7-5-14)22-12-19;1-10(2)9-12-5-7-13(8-6-12)16-14(15)11(3)4;1-4(2)3/h2-9,11-13H,10H2,1H3;5-9H,3H2,1-2,4H3;1H2,2-3H3/b3-2+;;. The lowest BCUT2D eigenvalue weighted by Gasteiger charge is -2.12. The Morgan fingerprint density at radius 3 is 1.81 bits per heavy atom. The highest BCUT2D eigenvalue weighted by Gasteiger charge is 2.09. The fourth-order valence-corrected chi connectivity index (χ4v) is 3.15. The van der Waals surface area contributed by atoms with Crippen molar-refractivity contribution in [3.8, 4) is 34.1 Å². The lowest BCUT2D eigenvalue weighted by atomic mass is 10.0. The van der Waals surface area contributed by atoms with Crippen molar-refractivity contribution in [2.75, 3.05) is 6.61 Å². The molecule has 0 radical (unpaired) electrons. The summed E-state index contributed by atoms with van der Waals surface area (Å²) in [6, 6.07) is 19.5. The maximum atomic E-state index is 11.2. The second kappa shape index (κ2) is 19.8. The highest BCUT2D eigenvalue weighted by molar-refractivity contribution is 5.88. The monoisotopic (exact) mass is 584 g/mol. The molecule has 3 aromatic carbocycles. The maximum absolute atomic E-state index is 11.2. The quantitative estimate of drug-likeness (QED) is 0.0733. The molecule has 0 spiro atoms. The van der Waals surface area contributed by atoms with Crippen LogP contribution < -0.4 is 18.9 Å². The van der Waals surface area contributed by atoms with Crippen molar-refractivity contribution >= 4 is 25.0 Å². The molecule has 7 heteroatoms. The zero-order chi connectivity index (χ0) is 32.2. The molecular formula is C36H40O7. The van der Waals surface area contributed by atoms with Crippen molar-refractivity contribution in [3.63, 3.8) is 0 Å². The zero-order valence-corrected chi connectivity index (χ0v) is 25.7. The number of hydrogen-bond acceptors (Lipinski definition) is 7. The van der Waals surface area contributed by atoms with E-state index in [0.29, 0.717) is 48.1 Å². The van der Waals surface area contributed by atoms with Gasteiger partial charge >= 0.3 is 5.97 Å². The average Bonchev–Trinajstić information content (AvgIpc) is 2.95. The number of allylic oxidation sites excluding steroid dienone is 3. The van der Waals surface area contributed by atoms with Gasteiger partial charge in [0.1, 0.15) is 29.6 Å². The fourth-order valence-electron chi connectivity index (χ4n) is 3.15. The molecule has 0 unspecified atom stereocenters. The minimum Gasteiger partial charge on any atom is -0.489 e. The number of esters is 1. The number of ether oxygens (including phenoxy) is 4. The van der Waals surface area contributed by atoms with Crippen LogP contribution in [-0.2, 0) is 14.4 Å². The van der Waals surface area contributed by atoms with Gasteiger partial charge in [0.2, 0.25) is 0 Å². The molecule has 0 saturated heterocycles. The SMILES string of the molecule is C/C=C/COc1cc(OC=O)ccc1-c1ccc(OC=O)cc1.C=C(C)C.C=C(C)C(=O)Oc1ccc(C=C(C)C)cc1. The molecule has 0 aliphatic carbocycles. The molecule has 0 heterocycles. The Labute approximate surface area is 254 Å². The van der Waals surface area contributed by atoms with Crippen molar-refractivity contribution in [2.45, 2.75) is 41.5 Å². The van der Waals surface area contributed by atoms with E-state index in [9.17, 15) is 14.4 Å². The summed E-state index contributed by atoms with van der Waals surface area (Å²) in [5.74, 6) is 1.60. The van der Waals surface area contributed by atoms with Crippen LogP contribution in [0.4, 0.5) is 0 Å². The highest BCUT2D eigenvalue weighted by atomic mass is 16.5. The maximum Gasteiger partial charge on any atom is 0.338 e. The van der Waals surface area contributed by atoms with Crippen LogP contribution in [0.25, 0.3) is 17.2 Å². The molecule has 0 aliphatic rings. The Kier molecular flexibility index (Phi) is 16.5. The molecule has 0 bridgehead atoms. The van der Waals surface area contributed by atoms with E-state index in [4.69, 9.17) is 18.9 Å². The van der Waals surface area contributed by atoms with Crippen LogP contribution in [0.5, 0.6) is 23.0 Å². The summed E-state index contributed by atoms with van der Waals surface area (Å²) in [5.41, 5.74) is 5.61. The van der Waals surface area contributed by atoms with Crippen molar-refractivity contribution in [3.05, 3.63) is 114 Å². The van der Waals surface area contributed by atoms with Crippen LogP contribution >= 0.6 is 0 Å². The molecule has 0 aromatic heterocycles. The molecule has 0 saturated carbocycles. The number of carbonyl (C=O) groups excluding carboxylic acids is 3. The van der Waals surface area contributed by atoms with Crippen LogP contribution in [0.3, 0.4) is 0 Å². The molecule has 7 nitrogen and oxygen atoms in total. The van der Waals surface area contributed by atoms with Crippen molar-refractivity contribution in [1.82, 2.24) is 0 Å². The number of rotatable bonds is 11. The van der Waals surface area contributed by atoms with E-state index in [1.54, 1.807) is 49.4 Å². The first-order valence-corrected chi connectivity index (χ1v) is 13.4. The molecule has 0 aliphatic heterocycles. The first-order chi connectivity index (χ1) is 20.5. The van der Waals surface area contributed by atoms with Crippen molar-refractivity contribution < 1.29 is 33.3 Å². The van der Waals surface area contributed by atoms with Gasteiger partial charge in [-0.2, -0.15) is 0 Å². The van der Waals surface area contributed by atoms with E-state index >= 15 is 0 Å². The lowest BCUT2D eigenvalue weighted by Crippen LogP contribution is -2.07. The van der Waals surface area contributed by atoms with Gasteiger partial charge in [-0.25, -0.2) is 4.79 Å². The highest BCUT2D eigenvalue weighted by Crippen LogP contribution is 2.34. The van der Waals surface area contributed by atoms with Crippen LogP contribution in [-0.4, -0.2) is 25.5 Å².